The van der Waals surface area contributed by atoms with Crippen LogP contribution < -0.4 is 5.32 Å². The zero-order chi connectivity index (χ0) is 22.3. The molecule has 0 fully saturated rings. The summed E-state index contributed by atoms with van der Waals surface area (Å²) in [6.45, 7) is 1.80. The quantitative estimate of drug-likeness (QED) is 0.395. The summed E-state index contributed by atoms with van der Waals surface area (Å²) in [7, 11) is -6.59. The molecule has 0 saturated heterocycles. The van der Waals surface area contributed by atoms with Gasteiger partial charge in [0.15, 0.2) is 15.6 Å². The molecule has 0 aliphatic carbocycles. The van der Waals surface area contributed by atoms with Crippen LogP contribution in [0.1, 0.15) is 5.56 Å². The molecule has 3 rings (SSSR count). The van der Waals surface area contributed by atoms with E-state index in [1.807, 2.05) is 0 Å². The number of sulfone groups is 1. The Morgan fingerprint density at radius 3 is 2.30 bits per heavy atom. The van der Waals surface area contributed by atoms with Crippen molar-refractivity contribution in [1.29, 1.82) is 0 Å². The molecule has 0 aromatic heterocycles. The van der Waals surface area contributed by atoms with Gasteiger partial charge >= 0.3 is 0 Å². The van der Waals surface area contributed by atoms with E-state index in [9.17, 15) is 26.5 Å². The fourth-order valence-corrected chi connectivity index (χ4v) is 4.33. The number of aromatic hydroxyl groups is 1. The summed E-state index contributed by atoms with van der Waals surface area (Å²) in [4.78, 5) is -0.618. The van der Waals surface area contributed by atoms with Crippen LogP contribution in [0.5, 0.6) is 5.75 Å². The van der Waals surface area contributed by atoms with E-state index in [0.29, 0.717) is 16.5 Å². The summed E-state index contributed by atoms with van der Waals surface area (Å²) in [5, 5.41) is 22.1. The van der Waals surface area contributed by atoms with Crippen LogP contribution in [0.4, 0.5) is 17.1 Å². The molecule has 0 heterocycles. The Morgan fingerprint density at radius 1 is 1.00 bits per heavy atom. The van der Waals surface area contributed by atoms with Crippen LogP contribution in [0.25, 0.3) is 10.8 Å². The number of anilines is 1. The second kappa shape index (κ2) is 7.67. The average molecular weight is 450 g/mol. The monoisotopic (exact) mass is 449 g/mol. The molecule has 0 aliphatic rings. The van der Waals surface area contributed by atoms with Crippen molar-refractivity contribution >= 4 is 47.8 Å². The van der Waals surface area contributed by atoms with Gasteiger partial charge in [-0.1, -0.05) is 12.1 Å². The third-order valence-electron chi connectivity index (χ3n) is 4.35. The Hall–Kier alpha value is -3.02. The van der Waals surface area contributed by atoms with Gasteiger partial charge < -0.3 is 10.4 Å². The number of benzene rings is 3. The molecule has 3 aromatic rings. The molecule has 0 amide bonds. The van der Waals surface area contributed by atoms with E-state index < -0.39 is 36.3 Å². The van der Waals surface area contributed by atoms with E-state index in [4.69, 9.17) is 0 Å². The van der Waals surface area contributed by atoms with Crippen molar-refractivity contribution in [3.8, 4) is 5.75 Å². The lowest BCUT2D eigenvalue weighted by Gasteiger charge is -2.13. The van der Waals surface area contributed by atoms with Crippen molar-refractivity contribution in [2.24, 2.45) is 10.2 Å². The lowest BCUT2D eigenvalue weighted by molar-refractivity contribution is 0.472. The Balaban J connectivity index is 2.28. The number of azo groups is 1. The third-order valence-corrected chi connectivity index (χ3v) is 6.33. The number of fused-ring (bicyclic) bond motifs is 1. The van der Waals surface area contributed by atoms with Crippen molar-refractivity contribution in [2.75, 3.05) is 18.6 Å². The maximum absolute atomic E-state index is 11.9. The van der Waals surface area contributed by atoms with Crippen molar-refractivity contribution < 1.29 is 26.5 Å². The maximum Gasteiger partial charge on any atom is 0.296 e. The standard InChI is InChI=1S/C19H19N3O6S2/c1-11-7-12-9-16(30(26,27)28)18(19(23)17(12)15(8-11)20-2)22-21-13-5-4-6-14(10-13)29(3,24)25/h4-10,20,23H,1-3H3,(H,26,27,28). The van der Waals surface area contributed by atoms with Crippen molar-refractivity contribution in [3.05, 3.63) is 48.0 Å². The van der Waals surface area contributed by atoms with E-state index >= 15 is 0 Å². The minimum Gasteiger partial charge on any atom is -0.505 e. The molecule has 0 unspecified atom stereocenters. The van der Waals surface area contributed by atoms with E-state index in [2.05, 4.69) is 15.5 Å². The first-order chi connectivity index (χ1) is 13.9. The number of rotatable bonds is 5. The Bertz CT molecular complexity index is 1400. The largest absolute Gasteiger partial charge is 0.505 e. The molecule has 9 nitrogen and oxygen atoms in total. The van der Waals surface area contributed by atoms with Crippen LogP contribution in [0.2, 0.25) is 0 Å². The predicted octanol–water partition coefficient (Wildman–Crippen LogP) is 3.96. The van der Waals surface area contributed by atoms with Gasteiger partial charge in [-0.2, -0.15) is 13.5 Å². The summed E-state index contributed by atoms with van der Waals surface area (Å²) >= 11 is 0. The highest BCUT2D eigenvalue weighted by molar-refractivity contribution is 7.90. The van der Waals surface area contributed by atoms with Crippen molar-refractivity contribution in [2.45, 2.75) is 16.7 Å². The predicted molar refractivity (Wildman–Crippen MR) is 113 cm³/mol. The molecule has 0 bridgehead atoms. The highest BCUT2D eigenvalue weighted by atomic mass is 32.2. The molecule has 30 heavy (non-hydrogen) atoms. The maximum atomic E-state index is 11.9. The number of aryl methyl sites for hydroxylation is 1. The summed E-state index contributed by atoms with van der Waals surface area (Å²) < 4.78 is 57.0. The summed E-state index contributed by atoms with van der Waals surface area (Å²) in [5.41, 5.74) is 0.992. The Labute approximate surface area is 173 Å². The number of nitrogens with zero attached hydrogens (tertiary/aromatic N) is 2. The fourth-order valence-electron chi connectivity index (χ4n) is 3.01. The molecular formula is C19H19N3O6S2. The second-order valence-electron chi connectivity index (χ2n) is 6.68. The van der Waals surface area contributed by atoms with Gasteiger partial charge in [0.2, 0.25) is 0 Å². The van der Waals surface area contributed by atoms with E-state index in [0.717, 1.165) is 11.8 Å². The highest BCUT2D eigenvalue weighted by Crippen LogP contribution is 2.44. The SMILES string of the molecule is CNc1cc(C)cc2cc(S(=O)(=O)O)c(N=Nc3cccc(S(C)(=O)=O)c3)c(O)c12. The first-order valence-electron chi connectivity index (χ1n) is 8.59. The molecular weight excluding hydrogens is 430 g/mol. The van der Waals surface area contributed by atoms with Crippen LogP contribution >= 0.6 is 0 Å². The van der Waals surface area contributed by atoms with Gasteiger partial charge in [-0.05, 0) is 48.2 Å². The molecule has 3 N–H and O–H groups in total. The first-order valence-corrected chi connectivity index (χ1v) is 11.9. The third kappa shape index (κ3) is 4.27. The summed E-state index contributed by atoms with van der Waals surface area (Å²) in [6, 6.07) is 10.2. The molecule has 0 atom stereocenters. The van der Waals surface area contributed by atoms with Crippen LogP contribution in [-0.2, 0) is 20.0 Å². The normalized spacial score (nSPS) is 12.5. The molecule has 0 saturated carbocycles. The fraction of sp³-hybridized carbons (Fsp3) is 0.158. The zero-order valence-electron chi connectivity index (χ0n) is 16.3. The number of hydrogen-bond donors (Lipinski definition) is 3. The van der Waals surface area contributed by atoms with Gasteiger partial charge in [0.05, 0.1) is 10.6 Å². The zero-order valence-corrected chi connectivity index (χ0v) is 17.9. The first kappa shape index (κ1) is 21.7. The van der Waals surface area contributed by atoms with Gasteiger partial charge in [-0.25, -0.2) is 8.42 Å². The van der Waals surface area contributed by atoms with E-state index in [-0.39, 0.29) is 10.6 Å². The Kier molecular flexibility index (Phi) is 5.54. The minimum atomic E-state index is -4.75. The lowest BCUT2D eigenvalue weighted by Crippen LogP contribution is -2.00. The number of phenols is 1. The van der Waals surface area contributed by atoms with Crippen LogP contribution in [0.15, 0.2) is 62.5 Å². The van der Waals surface area contributed by atoms with E-state index in [1.165, 1.54) is 30.3 Å². The Morgan fingerprint density at radius 2 is 1.70 bits per heavy atom. The molecule has 0 radical (unpaired) electrons. The van der Waals surface area contributed by atoms with Crippen LogP contribution in [0, 0.1) is 6.92 Å². The smallest absolute Gasteiger partial charge is 0.296 e. The molecule has 3 aromatic carbocycles. The summed E-state index contributed by atoms with van der Waals surface area (Å²) in [5.74, 6) is -0.493. The number of phenolic OH excluding ortho intramolecular Hbond substituents is 1. The van der Waals surface area contributed by atoms with Gasteiger partial charge in [-0.15, -0.1) is 5.11 Å². The minimum absolute atomic E-state index is 0.00429. The molecule has 0 spiro atoms. The van der Waals surface area contributed by atoms with E-state index in [1.54, 1.807) is 26.1 Å². The summed E-state index contributed by atoms with van der Waals surface area (Å²) in [6.07, 6.45) is 1.04. The highest BCUT2D eigenvalue weighted by Gasteiger charge is 2.23. The van der Waals surface area contributed by atoms with Crippen LogP contribution in [-0.4, -0.2) is 39.8 Å². The lowest BCUT2D eigenvalue weighted by atomic mass is 10.0. The number of hydrogen-bond acceptors (Lipinski definition) is 8. The average Bonchev–Trinajstić information content (AvgIpc) is 2.65. The molecule has 158 valence electrons. The van der Waals surface area contributed by atoms with Gasteiger partial charge in [0.1, 0.15) is 10.6 Å². The number of nitrogens with one attached hydrogen (secondary N) is 1. The van der Waals surface area contributed by atoms with Gasteiger partial charge in [0, 0.05) is 24.4 Å². The molecule has 0 aliphatic heterocycles. The van der Waals surface area contributed by atoms with Gasteiger partial charge in [0.25, 0.3) is 10.1 Å². The van der Waals surface area contributed by atoms with Crippen molar-refractivity contribution in [1.82, 2.24) is 0 Å². The second-order valence-corrected chi connectivity index (χ2v) is 10.1. The van der Waals surface area contributed by atoms with Gasteiger partial charge in [-0.3, -0.25) is 4.55 Å². The van der Waals surface area contributed by atoms with Crippen molar-refractivity contribution in [3.63, 3.8) is 0 Å². The van der Waals surface area contributed by atoms with Crippen LogP contribution in [0.3, 0.4) is 0 Å². The topological polar surface area (TPSA) is 145 Å². The molecule has 11 heteroatoms.